The van der Waals surface area contributed by atoms with Gasteiger partial charge in [0.15, 0.2) is 0 Å². The number of nitrogens with one attached hydrogen (secondary N) is 7. The van der Waals surface area contributed by atoms with Crippen molar-refractivity contribution in [3.8, 4) is 0 Å². The summed E-state index contributed by atoms with van der Waals surface area (Å²) in [6.07, 6.45) is 2.66. The van der Waals surface area contributed by atoms with Gasteiger partial charge in [0, 0.05) is 6.42 Å². The summed E-state index contributed by atoms with van der Waals surface area (Å²) in [6.45, 7) is 5.40. The van der Waals surface area contributed by atoms with Gasteiger partial charge in [-0.05, 0) is 43.2 Å². The van der Waals surface area contributed by atoms with Crippen molar-refractivity contribution in [2.24, 2.45) is 11.7 Å². The second kappa shape index (κ2) is 24.1. The van der Waals surface area contributed by atoms with Crippen LogP contribution in [0.15, 0.2) is 43.0 Å². The standard InChI is InChI=1S/C36H57N9O9/c1-7-29(47)38-19-30(48)39-20-31(49)40-21-32(50)41-28(22-46)36(54)42-25(15-11-12-16-45(4,5)6)34(52)44-27(18-24-13-9-8-10-14-24)35(53)43-26(33(37)51)17-23(2)3/h7-10,13-14,23,25-28,46H,1,11-12,15-22H2,2-6H3,(H8-,37,38,39,40,41,42,43,44,47,48,49,50,51,52,53,54)/p+1/t25?,26?,27-,28-/m0/s1. The van der Waals surface area contributed by atoms with Crippen LogP contribution in [0, 0.1) is 5.92 Å². The van der Waals surface area contributed by atoms with Gasteiger partial charge in [0.2, 0.25) is 47.3 Å². The molecule has 0 saturated heterocycles. The number of nitrogens with two attached hydrogens (primary N) is 1. The van der Waals surface area contributed by atoms with Gasteiger partial charge in [-0.25, -0.2) is 0 Å². The normalized spacial score (nSPS) is 13.2. The van der Waals surface area contributed by atoms with Crippen LogP contribution >= 0.6 is 0 Å². The van der Waals surface area contributed by atoms with E-state index in [0.29, 0.717) is 17.3 Å². The van der Waals surface area contributed by atoms with Gasteiger partial charge >= 0.3 is 0 Å². The van der Waals surface area contributed by atoms with E-state index in [2.05, 4.69) is 43.8 Å². The van der Waals surface area contributed by atoms with Gasteiger partial charge in [0.1, 0.15) is 24.2 Å². The fourth-order valence-electron chi connectivity index (χ4n) is 4.96. The molecule has 0 radical (unpaired) electrons. The average molecular weight is 761 g/mol. The van der Waals surface area contributed by atoms with Crippen LogP contribution in [0.1, 0.15) is 45.1 Å². The highest BCUT2D eigenvalue weighted by molar-refractivity contribution is 5.96. The van der Waals surface area contributed by atoms with Crippen molar-refractivity contribution in [1.29, 1.82) is 0 Å². The Morgan fingerprint density at radius 2 is 1.24 bits per heavy atom. The highest BCUT2D eigenvalue weighted by Gasteiger charge is 2.31. The quantitative estimate of drug-likeness (QED) is 0.0281. The number of quaternary nitrogens is 1. The van der Waals surface area contributed by atoms with Crippen molar-refractivity contribution in [3.05, 3.63) is 48.6 Å². The number of nitrogens with zero attached hydrogens (tertiary/aromatic N) is 1. The summed E-state index contributed by atoms with van der Waals surface area (Å²) in [5, 5.41) is 27.0. The number of rotatable bonds is 25. The highest BCUT2D eigenvalue weighted by Crippen LogP contribution is 2.10. The Morgan fingerprint density at radius 1 is 0.722 bits per heavy atom. The molecular formula is C36H58N9O9+. The molecule has 0 aliphatic rings. The monoisotopic (exact) mass is 760 g/mol. The molecule has 1 rings (SSSR count). The number of primary amides is 1. The molecule has 0 fully saturated rings. The second-order valence-corrected chi connectivity index (χ2v) is 14.2. The first-order valence-electron chi connectivity index (χ1n) is 17.7. The van der Waals surface area contributed by atoms with E-state index < -0.39 is 97.7 Å². The topological polar surface area (TPSA) is 267 Å². The predicted molar refractivity (Wildman–Crippen MR) is 200 cm³/mol. The number of hydrogen-bond acceptors (Lipinski definition) is 9. The van der Waals surface area contributed by atoms with Crippen LogP contribution in [0.3, 0.4) is 0 Å². The van der Waals surface area contributed by atoms with Crippen molar-refractivity contribution in [2.45, 2.75) is 70.1 Å². The van der Waals surface area contributed by atoms with Gasteiger partial charge in [-0.1, -0.05) is 50.8 Å². The highest BCUT2D eigenvalue weighted by atomic mass is 16.3. The lowest BCUT2D eigenvalue weighted by Gasteiger charge is -2.27. The first-order valence-corrected chi connectivity index (χ1v) is 17.7. The maximum atomic E-state index is 13.8. The Labute approximate surface area is 316 Å². The number of aliphatic hydroxyl groups is 1. The first kappa shape index (κ1) is 46.7. The fourth-order valence-corrected chi connectivity index (χ4v) is 4.96. The largest absolute Gasteiger partial charge is 0.394 e. The molecule has 0 aliphatic carbocycles. The third-order valence-electron chi connectivity index (χ3n) is 7.82. The lowest BCUT2D eigenvalue weighted by atomic mass is 10.0. The number of carbonyl (C=O) groups excluding carboxylic acids is 8. The first-order chi connectivity index (χ1) is 25.3. The number of benzene rings is 1. The van der Waals surface area contributed by atoms with E-state index in [-0.39, 0.29) is 25.2 Å². The van der Waals surface area contributed by atoms with Crippen LogP contribution in [0.25, 0.3) is 0 Å². The maximum absolute atomic E-state index is 13.8. The molecule has 1 aromatic carbocycles. The van der Waals surface area contributed by atoms with Gasteiger partial charge in [0.25, 0.3) is 0 Å². The van der Waals surface area contributed by atoms with Crippen LogP contribution in [0.4, 0.5) is 0 Å². The molecule has 10 N–H and O–H groups in total. The minimum atomic E-state index is -1.51. The van der Waals surface area contributed by atoms with Crippen molar-refractivity contribution in [1.82, 2.24) is 37.2 Å². The third-order valence-corrected chi connectivity index (χ3v) is 7.82. The SMILES string of the molecule is C=CC(=O)NCC(=O)NCC(=O)NCC(=O)N[C@@H](CO)C(=O)NC(CCCC[N+](C)(C)C)C(=O)N[C@@H](Cc1ccccc1)C(=O)NC(CC(C)C)C(N)=O. The number of unbranched alkanes of at least 4 members (excludes halogenated alkanes) is 1. The summed E-state index contributed by atoms with van der Waals surface area (Å²) < 4.78 is 0.662. The summed E-state index contributed by atoms with van der Waals surface area (Å²) in [5.74, 6) is -5.77. The average Bonchev–Trinajstić information content (AvgIpc) is 3.11. The number of amides is 8. The molecule has 0 saturated carbocycles. The van der Waals surface area contributed by atoms with Crippen LogP contribution in [0.2, 0.25) is 0 Å². The van der Waals surface area contributed by atoms with Crippen molar-refractivity contribution in [3.63, 3.8) is 0 Å². The third kappa shape index (κ3) is 20.0. The summed E-state index contributed by atoms with van der Waals surface area (Å²) in [6, 6.07) is 4.05. The second-order valence-electron chi connectivity index (χ2n) is 14.2. The molecule has 54 heavy (non-hydrogen) atoms. The zero-order valence-electron chi connectivity index (χ0n) is 31.9. The lowest BCUT2D eigenvalue weighted by Crippen LogP contribution is -2.59. The van der Waals surface area contributed by atoms with E-state index in [1.165, 1.54) is 0 Å². The van der Waals surface area contributed by atoms with E-state index in [4.69, 9.17) is 5.73 Å². The number of hydrogen-bond donors (Lipinski definition) is 9. The van der Waals surface area contributed by atoms with Crippen LogP contribution in [0.5, 0.6) is 0 Å². The number of aliphatic hydroxyl groups excluding tert-OH is 1. The molecule has 0 aliphatic heterocycles. The molecule has 300 valence electrons. The van der Waals surface area contributed by atoms with Crippen LogP contribution in [-0.4, -0.2) is 135 Å². The van der Waals surface area contributed by atoms with E-state index >= 15 is 0 Å². The number of carbonyl (C=O) groups is 8. The Balaban J connectivity index is 3.06. The molecule has 18 nitrogen and oxygen atoms in total. The predicted octanol–water partition coefficient (Wildman–Crippen LogP) is -2.90. The summed E-state index contributed by atoms with van der Waals surface area (Å²) in [5.41, 5.74) is 6.27. The minimum absolute atomic E-state index is 0.0319. The van der Waals surface area contributed by atoms with E-state index in [1.54, 1.807) is 30.3 Å². The fraction of sp³-hybridized carbons (Fsp3) is 0.556. The molecule has 18 heteroatoms. The zero-order chi connectivity index (χ0) is 40.8. The molecule has 4 atom stereocenters. The van der Waals surface area contributed by atoms with Gasteiger partial charge < -0.3 is 52.5 Å². The zero-order valence-corrected chi connectivity index (χ0v) is 31.9. The molecule has 0 aromatic heterocycles. The smallest absolute Gasteiger partial charge is 0.245 e. The summed E-state index contributed by atoms with van der Waals surface area (Å²) in [7, 11) is 6.03. The molecule has 0 spiro atoms. The Bertz CT molecular complexity index is 1450. The van der Waals surface area contributed by atoms with Crippen molar-refractivity contribution < 1.29 is 47.9 Å². The molecule has 0 bridgehead atoms. The van der Waals surface area contributed by atoms with E-state index in [9.17, 15) is 43.5 Å². The maximum Gasteiger partial charge on any atom is 0.245 e. The summed E-state index contributed by atoms with van der Waals surface area (Å²) >= 11 is 0. The summed E-state index contributed by atoms with van der Waals surface area (Å²) in [4.78, 5) is 100. The lowest BCUT2D eigenvalue weighted by molar-refractivity contribution is -0.870. The van der Waals surface area contributed by atoms with E-state index in [0.717, 1.165) is 18.2 Å². The molecule has 0 heterocycles. The molecule has 1 aromatic rings. The Hall–Kier alpha value is -5.36. The van der Waals surface area contributed by atoms with Gasteiger partial charge in [-0.3, -0.25) is 38.4 Å². The Morgan fingerprint density at radius 3 is 1.78 bits per heavy atom. The molecular weight excluding hydrogens is 702 g/mol. The van der Waals surface area contributed by atoms with Crippen molar-refractivity contribution >= 4 is 47.3 Å². The van der Waals surface area contributed by atoms with Gasteiger partial charge in [0.05, 0.1) is 53.9 Å². The molecule has 8 amide bonds. The van der Waals surface area contributed by atoms with Crippen molar-refractivity contribution in [2.75, 3.05) is 53.9 Å². The van der Waals surface area contributed by atoms with Crippen LogP contribution < -0.4 is 43.0 Å². The van der Waals surface area contributed by atoms with Gasteiger partial charge in [-0.15, -0.1) is 0 Å². The minimum Gasteiger partial charge on any atom is -0.394 e. The van der Waals surface area contributed by atoms with E-state index in [1.807, 2.05) is 35.0 Å². The molecule has 2 unspecified atom stereocenters. The van der Waals surface area contributed by atoms with Crippen LogP contribution in [-0.2, 0) is 44.8 Å². The Kier molecular flexibility index (Phi) is 20.8. The van der Waals surface area contributed by atoms with Gasteiger partial charge in [-0.2, -0.15) is 0 Å².